The average molecular weight is 229 g/mol. The summed E-state index contributed by atoms with van der Waals surface area (Å²) in [7, 11) is 0. The van der Waals surface area contributed by atoms with Gasteiger partial charge in [0.2, 0.25) is 0 Å². The minimum atomic E-state index is 0.306. The highest BCUT2D eigenvalue weighted by molar-refractivity contribution is 5.57. The van der Waals surface area contributed by atoms with Crippen LogP contribution in [0.4, 0.5) is 0 Å². The Balaban J connectivity index is 1.74. The van der Waals surface area contributed by atoms with Crippen LogP contribution in [-0.2, 0) is 11.3 Å². The number of hydrogen-bond acceptors (Lipinski definition) is 3. The highest BCUT2D eigenvalue weighted by atomic mass is 16.5. The lowest BCUT2D eigenvalue weighted by Gasteiger charge is -2.07. The van der Waals surface area contributed by atoms with Crippen LogP contribution in [0.25, 0.3) is 11.3 Å². The van der Waals surface area contributed by atoms with E-state index in [2.05, 4.69) is 10.3 Å². The van der Waals surface area contributed by atoms with Gasteiger partial charge < -0.3 is 4.74 Å². The largest absolute Gasteiger partial charge is 0.376 e. The molecule has 0 saturated carbocycles. The third-order valence-electron chi connectivity index (χ3n) is 3.02. The Morgan fingerprint density at radius 2 is 2.18 bits per heavy atom. The molecule has 2 heterocycles. The highest BCUT2D eigenvalue weighted by Crippen LogP contribution is 2.17. The first-order valence-corrected chi connectivity index (χ1v) is 5.99. The Kier molecular flexibility index (Phi) is 2.88. The molecule has 88 valence electrons. The standard InChI is InChI=1S/C13H15N3O/c1-2-5-11(6-3-1)13-10-16(15-14-13)9-12-7-4-8-17-12/h1-3,5-6,10,12H,4,7-9H2. The number of ether oxygens (including phenoxy) is 1. The van der Waals surface area contributed by atoms with Crippen molar-refractivity contribution >= 4 is 0 Å². The molecule has 1 fully saturated rings. The smallest absolute Gasteiger partial charge is 0.113 e. The van der Waals surface area contributed by atoms with Gasteiger partial charge in [-0.05, 0) is 12.8 Å². The molecular weight excluding hydrogens is 214 g/mol. The Bertz CT molecular complexity index is 474. The van der Waals surface area contributed by atoms with E-state index in [1.807, 2.05) is 41.2 Å². The van der Waals surface area contributed by atoms with Crippen LogP contribution in [0.3, 0.4) is 0 Å². The molecular formula is C13H15N3O. The quantitative estimate of drug-likeness (QED) is 0.809. The topological polar surface area (TPSA) is 39.9 Å². The third-order valence-corrected chi connectivity index (χ3v) is 3.02. The van der Waals surface area contributed by atoms with Gasteiger partial charge in [0.15, 0.2) is 0 Å². The normalized spacial score (nSPS) is 19.6. The van der Waals surface area contributed by atoms with Crippen molar-refractivity contribution in [3.8, 4) is 11.3 Å². The van der Waals surface area contributed by atoms with Gasteiger partial charge in [0, 0.05) is 12.2 Å². The van der Waals surface area contributed by atoms with Gasteiger partial charge >= 0.3 is 0 Å². The van der Waals surface area contributed by atoms with Gasteiger partial charge in [-0.1, -0.05) is 35.5 Å². The third kappa shape index (κ3) is 2.36. The van der Waals surface area contributed by atoms with Crippen molar-refractivity contribution in [1.82, 2.24) is 15.0 Å². The van der Waals surface area contributed by atoms with Crippen LogP contribution in [0.15, 0.2) is 36.5 Å². The molecule has 17 heavy (non-hydrogen) atoms. The highest BCUT2D eigenvalue weighted by Gasteiger charge is 2.16. The number of hydrogen-bond donors (Lipinski definition) is 0. The van der Waals surface area contributed by atoms with E-state index in [0.29, 0.717) is 6.10 Å². The number of aromatic nitrogens is 3. The summed E-state index contributed by atoms with van der Waals surface area (Å²) < 4.78 is 7.46. The number of rotatable bonds is 3. The van der Waals surface area contributed by atoms with Crippen molar-refractivity contribution in [3.63, 3.8) is 0 Å². The monoisotopic (exact) mass is 229 g/mol. The summed E-state index contributed by atoms with van der Waals surface area (Å²) in [4.78, 5) is 0. The molecule has 1 aliphatic heterocycles. The van der Waals surface area contributed by atoms with Gasteiger partial charge in [-0.15, -0.1) is 5.10 Å². The van der Waals surface area contributed by atoms with Gasteiger partial charge in [-0.25, -0.2) is 4.68 Å². The molecule has 1 aliphatic rings. The lowest BCUT2D eigenvalue weighted by atomic mass is 10.2. The molecule has 0 spiro atoms. The summed E-state index contributed by atoms with van der Waals surface area (Å²) >= 11 is 0. The molecule has 0 N–H and O–H groups in total. The number of nitrogens with zero attached hydrogens (tertiary/aromatic N) is 3. The van der Waals surface area contributed by atoms with Crippen LogP contribution in [0.5, 0.6) is 0 Å². The summed E-state index contributed by atoms with van der Waals surface area (Å²) in [5.74, 6) is 0. The Morgan fingerprint density at radius 1 is 1.29 bits per heavy atom. The van der Waals surface area contributed by atoms with Gasteiger partial charge in [0.1, 0.15) is 5.69 Å². The Labute approximate surface area is 100 Å². The van der Waals surface area contributed by atoms with Gasteiger partial charge in [-0.2, -0.15) is 0 Å². The molecule has 0 radical (unpaired) electrons. The van der Waals surface area contributed by atoms with Gasteiger partial charge in [0.25, 0.3) is 0 Å². The van der Waals surface area contributed by atoms with E-state index in [-0.39, 0.29) is 0 Å². The molecule has 2 aromatic rings. The van der Waals surface area contributed by atoms with Gasteiger partial charge in [-0.3, -0.25) is 0 Å². The Morgan fingerprint density at radius 3 is 2.94 bits per heavy atom. The maximum Gasteiger partial charge on any atom is 0.113 e. The van der Waals surface area contributed by atoms with Crippen molar-refractivity contribution in [3.05, 3.63) is 36.5 Å². The predicted octanol–water partition coefficient (Wildman–Crippen LogP) is 2.12. The molecule has 1 aromatic carbocycles. The minimum Gasteiger partial charge on any atom is -0.376 e. The van der Waals surface area contributed by atoms with Crippen molar-refractivity contribution in [2.24, 2.45) is 0 Å². The second kappa shape index (κ2) is 4.67. The first kappa shape index (κ1) is 10.5. The van der Waals surface area contributed by atoms with E-state index in [4.69, 9.17) is 4.74 Å². The minimum absolute atomic E-state index is 0.306. The first-order valence-electron chi connectivity index (χ1n) is 5.99. The maximum absolute atomic E-state index is 5.58. The zero-order chi connectivity index (χ0) is 11.5. The summed E-state index contributed by atoms with van der Waals surface area (Å²) in [5.41, 5.74) is 2.02. The van der Waals surface area contributed by atoms with Crippen LogP contribution >= 0.6 is 0 Å². The van der Waals surface area contributed by atoms with E-state index in [1.165, 1.54) is 0 Å². The van der Waals surface area contributed by atoms with Crippen molar-refractivity contribution in [2.75, 3.05) is 6.61 Å². The molecule has 1 aromatic heterocycles. The molecule has 1 unspecified atom stereocenters. The van der Waals surface area contributed by atoms with Crippen LogP contribution in [0.1, 0.15) is 12.8 Å². The van der Waals surface area contributed by atoms with E-state index >= 15 is 0 Å². The van der Waals surface area contributed by atoms with Crippen molar-refractivity contribution in [1.29, 1.82) is 0 Å². The van der Waals surface area contributed by atoms with Crippen LogP contribution in [0.2, 0.25) is 0 Å². The predicted molar refractivity (Wildman–Crippen MR) is 64.4 cm³/mol. The summed E-state index contributed by atoms with van der Waals surface area (Å²) in [5, 5.41) is 8.33. The van der Waals surface area contributed by atoms with Gasteiger partial charge in [0.05, 0.1) is 18.8 Å². The molecule has 0 aliphatic carbocycles. The first-order chi connectivity index (χ1) is 8.42. The molecule has 0 bridgehead atoms. The fourth-order valence-electron chi connectivity index (χ4n) is 2.13. The molecule has 1 saturated heterocycles. The van der Waals surface area contributed by atoms with Crippen LogP contribution < -0.4 is 0 Å². The zero-order valence-electron chi connectivity index (χ0n) is 9.62. The molecule has 3 rings (SSSR count). The van der Waals surface area contributed by atoms with E-state index < -0.39 is 0 Å². The second-order valence-corrected chi connectivity index (χ2v) is 4.33. The molecule has 4 nitrogen and oxygen atoms in total. The van der Waals surface area contributed by atoms with E-state index in [9.17, 15) is 0 Å². The van der Waals surface area contributed by atoms with Crippen molar-refractivity contribution in [2.45, 2.75) is 25.5 Å². The van der Waals surface area contributed by atoms with Crippen molar-refractivity contribution < 1.29 is 4.74 Å². The fraction of sp³-hybridized carbons (Fsp3) is 0.385. The average Bonchev–Trinajstić information content (AvgIpc) is 3.02. The lowest BCUT2D eigenvalue weighted by molar-refractivity contribution is 0.0935. The Hall–Kier alpha value is -1.68. The number of benzene rings is 1. The summed E-state index contributed by atoms with van der Waals surface area (Å²) in [6, 6.07) is 10.1. The SMILES string of the molecule is c1ccc(-c2cn(CC3CCCO3)nn2)cc1. The zero-order valence-corrected chi connectivity index (χ0v) is 9.62. The summed E-state index contributed by atoms with van der Waals surface area (Å²) in [6.45, 7) is 1.69. The van der Waals surface area contributed by atoms with E-state index in [0.717, 1.165) is 37.3 Å². The summed E-state index contributed by atoms with van der Waals surface area (Å²) in [6.07, 6.45) is 4.57. The van der Waals surface area contributed by atoms with Crippen LogP contribution in [0, 0.1) is 0 Å². The van der Waals surface area contributed by atoms with Crippen LogP contribution in [-0.4, -0.2) is 27.7 Å². The fourth-order valence-corrected chi connectivity index (χ4v) is 2.13. The lowest BCUT2D eigenvalue weighted by Crippen LogP contribution is -2.15. The second-order valence-electron chi connectivity index (χ2n) is 4.33. The maximum atomic E-state index is 5.58. The molecule has 4 heteroatoms. The molecule has 1 atom stereocenters. The molecule has 0 amide bonds. The van der Waals surface area contributed by atoms with E-state index in [1.54, 1.807) is 0 Å².